The highest BCUT2D eigenvalue weighted by atomic mass is 16.6. The van der Waals surface area contributed by atoms with Gasteiger partial charge in [-0.05, 0) is 20.8 Å². The minimum atomic E-state index is -0.457. The number of amides is 1. The molecule has 6 nitrogen and oxygen atoms in total. The molecule has 0 aromatic carbocycles. The van der Waals surface area contributed by atoms with E-state index in [4.69, 9.17) is 10.5 Å². The molecule has 90 valence electrons. The average molecular weight is 226 g/mol. The van der Waals surface area contributed by atoms with Crippen molar-refractivity contribution in [1.29, 1.82) is 0 Å². The number of hydrazone groups is 1. The number of amidine groups is 1. The maximum atomic E-state index is 11.8. The molecule has 0 aromatic rings. The predicted molar refractivity (Wildman–Crippen MR) is 59.8 cm³/mol. The molecule has 1 saturated heterocycles. The van der Waals surface area contributed by atoms with Gasteiger partial charge in [0.1, 0.15) is 11.4 Å². The van der Waals surface area contributed by atoms with Crippen LogP contribution in [0.3, 0.4) is 0 Å². The van der Waals surface area contributed by atoms with Crippen molar-refractivity contribution in [2.75, 3.05) is 13.1 Å². The highest BCUT2D eigenvalue weighted by Crippen LogP contribution is 2.22. The Morgan fingerprint density at radius 1 is 1.56 bits per heavy atom. The van der Waals surface area contributed by atoms with Gasteiger partial charge < -0.3 is 20.8 Å². The maximum Gasteiger partial charge on any atom is 0.410 e. The molecule has 2 aliphatic heterocycles. The fourth-order valence-corrected chi connectivity index (χ4v) is 1.95. The van der Waals surface area contributed by atoms with Gasteiger partial charge >= 0.3 is 6.09 Å². The van der Waals surface area contributed by atoms with Crippen LogP contribution in [0.5, 0.6) is 0 Å². The number of nitrogens with zero attached hydrogens (tertiary/aromatic N) is 2. The zero-order valence-corrected chi connectivity index (χ0v) is 9.86. The highest BCUT2D eigenvalue weighted by molar-refractivity contribution is 5.86. The lowest BCUT2D eigenvalue weighted by molar-refractivity contribution is 0.0288. The molecule has 0 radical (unpaired) electrons. The molecular formula is C10H18N4O2. The van der Waals surface area contributed by atoms with E-state index in [2.05, 4.69) is 10.5 Å². The molecule has 2 rings (SSSR count). The van der Waals surface area contributed by atoms with Gasteiger partial charge in [0.25, 0.3) is 0 Å². The van der Waals surface area contributed by atoms with E-state index < -0.39 is 5.60 Å². The Hall–Kier alpha value is -1.46. The molecule has 0 bridgehead atoms. The van der Waals surface area contributed by atoms with Crippen molar-refractivity contribution in [1.82, 2.24) is 10.3 Å². The number of carbonyl (C=O) groups excluding carboxylic acids is 1. The van der Waals surface area contributed by atoms with E-state index in [0.717, 1.165) is 0 Å². The van der Waals surface area contributed by atoms with Crippen molar-refractivity contribution in [3.05, 3.63) is 0 Å². The highest BCUT2D eigenvalue weighted by Gasteiger charge is 2.41. The molecule has 0 spiro atoms. The number of hydrogen-bond donors (Lipinski definition) is 2. The van der Waals surface area contributed by atoms with E-state index in [9.17, 15) is 4.79 Å². The second-order valence-electron chi connectivity index (χ2n) is 5.26. The van der Waals surface area contributed by atoms with E-state index in [1.165, 1.54) is 0 Å². The number of carbonyl (C=O) groups is 1. The largest absolute Gasteiger partial charge is 0.444 e. The molecule has 0 aromatic heterocycles. The van der Waals surface area contributed by atoms with Crippen LogP contribution in [0.25, 0.3) is 0 Å². The lowest BCUT2D eigenvalue weighted by Gasteiger charge is -2.24. The van der Waals surface area contributed by atoms with Crippen LogP contribution in [-0.4, -0.2) is 41.6 Å². The number of rotatable bonds is 0. The number of likely N-dealkylation sites (tertiary alicyclic amines) is 1. The van der Waals surface area contributed by atoms with E-state index in [1.807, 2.05) is 20.8 Å². The van der Waals surface area contributed by atoms with Crippen LogP contribution in [0, 0.1) is 5.92 Å². The van der Waals surface area contributed by atoms with Crippen molar-refractivity contribution >= 4 is 11.9 Å². The van der Waals surface area contributed by atoms with Crippen LogP contribution in [0.1, 0.15) is 20.8 Å². The third kappa shape index (κ3) is 2.05. The number of ether oxygens (including phenoxy) is 1. The minimum absolute atomic E-state index is 0.132. The van der Waals surface area contributed by atoms with E-state index in [1.54, 1.807) is 4.90 Å². The monoisotopic (exact) mass is 226 g/mol. The smallest absolute Gasteiger partial charge is 0.410 e. The Morgan fingerprint density at radius 3 is 2.81 bits per heavy atom. The number of fused-ring (bicyclic) bond motifs is 1. The molecule has 2 aliphatic rings. The van der Waals surface area contributed by atoms with Gasteiger partial charge in [-0.15, -0.1) is 0 Å². The topological polar surface area (TPSA) is 80.0 Å². The Labute approximate surface area is 94.8 Å². The van der Waals surface area contributed by atoms with Crippen molar-refractivity contribution in [2.45, 2.75) is 32.4 Å². The summed E-state index contributed by atoms with van der Waals surface area (Å²) in [6.45, 7) is 6.76. The van der Waals surface area contributed by atoms with E-state index in [-0.39, 0.29) is 18.1 Å². The summed E-state index contributed by atoms with van der Waals surface area (Å²) in [4.78, 5) is 13.5. The summed E-state index contributed by atoms with van der Waals surface area (Å²) in [5.41, 5.74) is 8.19. The van der Waals surface area contributed by atoms with E-state index >= 15 is 0 Å². The lowest BCUT2D eigenvalue weighted by atomic mass is 10.1. The Morgan fingerprint density at radius 2 is 2.25 bits per heavy atom. The summed E-state index contributed by atoms with van der Waals surface area (Å²) in [7, 11) is 0. The fourth-order valence-electron chi connectivity index (χ4n) is 1.95. The maximum absolute atomic E-state index is 11.8. The number of nitrogens with two attached hydrogens (primary N) is 1. The number of nitrogens with one attached hydrogen (secondary N) is 1. The molecule has 0 aliphatic carbocycles. The average Bonchev–Trinajstić information content (AvgIpc) is 2.65. The first-order chi connectivity index (χ1) is 7.37. The zero-order valence-electron chi connectivity index (χ0n) is 9.86. The molecule has 6 heteroatoms. The van der Waals surface area contributed by atoms with Crippen LogP contribution < -0.4 is 11.2 Å². The van der Waals surface area contributed by atoms with Gasteiger partial charge in [0, 0.05) is 13.1 Å². The molecule has 0 unspecified atom stereocenters. The summed E-state index contributed by atoms with van der Waals surface area (Å²) < 4.78 is 5.30. The van der Waals surface area contributed by atoms with Gasteiger partial charge in [0.15, 0.2) is 0 Å². The summed E-state index contributed by atoms with van der Waals surface area (Å²) in [5, 5.41) is 3.95. The third-order valence-corrected chi connectivity index (χ3v) is 2.71. The van der Waals surface area contributed by atoms with Gasteiger partial charge in [-0.25, -0.2) is 4.79 Å². The van der Waals surface area contributed by atoms with Gasteiger partial charge in [-0.3, -0.25) is 0 Å². The molecule has 3 N–H and O–H groups in total. The van der Waals surface area contributed by atoms with Crippen LogP contribution in [0.15, 0.2) is 5.10 Å². The molecule has 2 heterocycles. The molecule has 1 amide bonds. The van der Waals surface area contributed by atoms with Crippen molar-refractivity contribution < 1.29 is 9.53 Å². The lowest BCUT2D eigenvalue weighted by Crippen LogP contribution is -2.37. The quantitative estimate of drug-likeness (QED) is 0.614. The molecule has 16 heavy (non-hydrogen) atoms. The SMILES string of the molecule is CC(C)(C)OC(=O)N1C[C@@H]2C(N)=NN[C@@H]2C1. The summed E-state index contributed by atoms with van der Waals surface area (Å²) in [6, 6.07) is 0.146. The summed E-state index contributed by atoms with van der Waals surface area (Å²) >= 11 is 0. The first kappa shape index (κ1) is 11.0. The Kier molecular flexibility index (Phi) is 2.44. The predicted octanol–water partition coefficient (Wildman–Crippen LogP) is 0.0973. The zero-order chi connectivity index (χ0) is 11.9. The summed E-state index contributed by atoms with van der Waals surface area (Å²) in [5.74, 6) is 0.712. The van der Waals surface area contributed by atoms with Crippen LogP contribution in [-0.2, 0) is 4.74 Å². The number of hydrogen-bond acceptors (Lipinski definition) is 5. The third-order valence-electron chi connectivity index (χ3n) is 2.71. The second kappa shape index (κ2) is 3.54. The van der Waals surface area contributed by atoms with Gasteiger partial charge in [-0.2, -0.15) is 5.10 Å². The standard InChI is InChI=1S/C10H18N4O2/c1-10(2,3)16-9(15)14-4-6-7(5-14)12-13-8(6)11/h6-7,12H,4-5H2,1-3H3,(H2,11,13)/t6-,7+/m0/s1. The molecule has 2 atom stereocenters. The van der Waals surface area contributed by atoms with Gasteiger partial charge in [0.05, 0.1) is 12.0 Å². The van der Waals surface area contributed by atoms with Gasteiger partial charge in [-0.1, -0.05) is 0 Å². The molecule has 1 fully saturated rings. The van der Waals surface area contributed by atoms with Crippen molar-refractivity contribution in [2.24, 2.45) is 16.8 Å². The van der Waals surface area contributed by atoms with Gasteiger partial charge in [0.2, 0.25) is 0 Å². The van der Waals surface area contributed by atoms with Crippen molar-refractivity contribution in [3.63, 3.8) is 0 Å². The first-order valence-corrected chi connectivity index (χ1v) is 5.43. The fraction of sp³-hybridized carbons (Fsp3) is 0.800. The Bertz CT molecular complexity index is 334. The molecular weight excluding hydrogens is 208 g/mol. The van der Waals surface area contributed by atoms with Crippen LogP contribution in [0.2, 0.25) is 0 Å². The van der Waals surface area contributed by atoms with Crippen molar-refractivity contribution in [3.8, 4) is 0 Å². The normalized spacial score (nSPS) is 28.4. The minimum Gasteiger partial charge on any atom is -0.444 e. The Balaban J connectivity index is 1.94. The first-order valence-electron chi connectivity index (χ1n) is 5.43. The second-order valence-corrected chi connectivity index (χ2v) is 5.26. The van der Waals surface area contributed by atoms with Crippen LogP contribution >= 0.6 is 0 Å². The molecule has 0 saturated carbocycles. The van der Waals surface area contributed by atoms with E-state index in [0.29, 0.717) is 18.9 Å². The van der Waals surface area contributed by atoms with Crippen LogP contribution in [0.4, 0.5) is 4.79 Å². The summed E-state index contributed by atoms with van der Waals surface area (Å²) in [6.07, 6.45) is -0.281.